The first kappa shape index (κ1) is 18.5. The molecule has 28 heavy (non-hydrogen) atoms. The first-order chi connectivity index (χ1) is 13.4. The van der Waals surface area contributed by atoms with Gasteiger partial charge in [0.05, 0.1) is 18.6 Å². The number of oxazole rings is 1. The van der Waals surface area contributed by atoms with Crippen LogP contribution in [0.15, 0.2) is 41.4 Å². The van der Waals surface area contributed by atoms with Gasteiger partial charge in [0.15, 0.2) is 17.7 Å². The molecule has 0 amide bonds. The summed E-state index contributed by atoms with van der Waals surface area (Å²) in [7, 11) is 0. The summed E-state index contributed by atoms with van der Waals surface area (Å²) in [6, 6.07) is 2.94. The van der Waals surface area contributed by atoms with Crippen molar-refractivity contribution in [2.75, 3.05) is 5.32 Å². The Kier molecular flexibility index (Phi) is 4.80. The van der Waals surface area contributed by atoms with Gasteiger partial charge >= 0.3 is 0 Å². The summed E-state index contributed by atoms with van der Waals surface area (Å²) in [6.07, 6.45) is 3.97. The molecule has 0 aromatic carbocycles. The number of aliphatic hydroxyl groups is 1. The van der Waals surface area contributed by atoms with Gasteiger partial charge < -0.3 is 14.8 Å². The summed E-state index contributed by atoms with van der Waals surface area (Å²) >= 11 is 0. The highest BCUT2D eigenvalue weighted by atomic mass is 19.3. The van der Waals surface area contributed by atoms with Gasteiger partial charge in [-0.15, -0.1) is 0 Å². The van der Waals surface area contributed by atoms with Crippen molar-refractivity contribution in [3.05, 3.63) is 54.3 Å². The van der Waals surface area contributed by atoms with Gasteiger partial charge in [-0.1, -0.05) is 0 Å². The van der Waals surface area contributed by atoms with Crippen molar-refractivity contribution >= 4 is 5.82 Å². The van der Waals surface area contributed by atoms with Crippen LogP contribution in [0.3, 0.4) is 0 Å². The Hall–Kier alpha value is -2.88. The molecule has 0 radical (unpaired) electrons. The smallest absolute Gasteiger partial charge is 0.248 e. The fraction of sp³-hybridized carbons (Fsp3) is 0.389. The van der Waals surface area contributed by atoms with E-state index in [0.29, 0.717) is 24.2 Å². The number of hydrogen-bond acceptors (Lipinski definition) is 6. The molecule has 1 fully saturated rings. The van der Waals surface area contributed by atoms with E-state index in [1.165, 1.54) is 23.2 Å². The van der Waals surface area contributed by atoms with Crippen molar-refractivity contribution in [2.45, 2.75) is 43.8 Å². The van der Waals surface area contributed by atoms with Crippen molar-refractivity contribution in [1.29, 1.82) is 0 Å². The molecule has 1 aliphatic carbocycles. The number of anilines is 1. The minimum absolute atomic E-state index is 0.0899. The number of aliphatic hydroxyl groups excluding tert-OH is 1. The van der Waals surface area contributed by atoms with Crippen LogP contribution in [0.2, 0.25) is 0 Å². The Balaban J connectivity index is 1.64. The quantitative estimate of drug-likeness (QED) is 0.690. The van der Waals surface area contributed by atoms with E-state index in [0.717, 1.165) is 12.4 Å². The lowest BCUT2D eigenvalue weighted by Gasteiger charge is -2.29. The molecule has 148 valence electrons. The van der Waals surface area contributed by atoms with Gasteiger partial charge in [-0.3, -0.25) is 0 Å². The first-order valence-corrected chi connectivity index (χ1v) is 8.84. The largest absolute Gasteiger partial charge is 0.446 e. The number of nitrogens with one attached hydrogen (secondary N) is 1. The topological polar surface area (TPSA) is 89.0 Å². The maximum Gasteiger partial charge on any atom is 0.248 e. The zero-order valence-electron chi connectivity index (χ0n) is 14.7. The van der Waals surface area contributed by atoms with Gasteiger partial charge in [0.1, 0.15) is 12.1 Å². The van der Waals surface area contributed by atoms with Crippen molar-refractivity contribution in [3.8, 4) is 5.82 Å². The monoisotopic (exact) mass is 393 g/mol. The van der Waals surface area contributed by atoms with Crippen LogP contribution in [0.5, 0.6) is 0 Å². The molecule has 3 heterocycles. The molecule has 0 saturated heterocycles. The van der Waals surface area contributed by atoms with E-state index in [4.69, 9.17) is 4.42 Å². The number of rotatable bonds is 5. The average Bonchev–Trinajstić information content (AvgIpc) is 3.34. The fourth-order valence-corrected chi connectivity index (χ4v) is 3.22. The number of alkyl halides is 2. The lowest BCUT2D eigenvalue weighted by molar-refractivity contribution is -0.0361. The minimum atomic E-state index is -2.63. The van der Waals surface area contributed by atoms with Gasteiger partial charge in [0, 0.05) is 18.9 Å². The van der Waals surface area contributed by atoms with Gasteiger partial charge in [-0.25, -0.2) is 27.8 Å². The summed E-state index contributed by atoms with van der Waals surface area (Å²) in [6.45, 7) is 0. The molecule has 10 heteroatoms. The Morgan fingerprint density at radius 1 is 1.29 bits per heavy atom. The molecule has 1 atom stereocenters. The van der Waals surface area contributed by atoms with Gasteiger partial charge in [-0.2, -0.15) is 5.10 Å². The van der Waals surface area contributed by atoms with Crippen molar-refractivity contribution < 1.29 is 22.7 Å². The zero-order valence-corrected chi connectivity index (χ0v) is 14.7. The van der Waals surface area contributed by atoms with Crippen LogP contribution < -0.4 is 5.32 Å². The van der Waals surface area contributed by atoms with Crippen LogP contribution in [-0.4, -0.2) is 36.8 Å². The summed E-state index contributed by atoms with van der Waals surface area (Å²) in [5.41, 5.74) is 0.395. The summed E-state index contributed by atoms with van der Waals surface area (Å²) in [5.74, 6) is -2.46. The number of hydrogen-bond donors (Lipinski definition) is 2. The average molecular weight is 393 g/mol. The molecule has 3 aromatic heterocycles. The van der Waals surface area contributed by atoms with Crippen LogP contribution >= 0.6 is 0 Å². The second-order valence-electron chi connectivity index (χ2n) is 6.79. The second-order valence-corrected chi connectivity index (χ2v) is 6.79. The minimum Gasteiger partial charge on any atom is -0.446 e. The van der Waals surface area contributed by atoms with Crippen molar-refractivity contribution in [2.24, 2.45) is 0 Å². The summed E-state index contributed by atoms with van der Waals surface area (Å²) in [4.78, 5) is 8.32. The van der Waals surface area contributed by atoms with Crippen LogP contribution in [0.25, 0.3) is 5.82 Å². The normalized spacial score (nSPS) is 18.1. The standard InChI is InChI=1S/C18H18F3N5O2/c19-12-9-23-26(10-12)15-8-11(16(27)17-22-5-6-28-17)7-14(25-15)24-13-1-3-18(20,21)4-2-13/h5-10,13,16,27H,1-4H2,(H,24,25). The fourth-order valence-electron chi connectivity index (χ4n) is 3.22. The number of nitrogens with zero attached hydrogens (tertiary/aromatic N) is 4. The Morgan fingerprint density at radius 3 is 2.71 bits per heavy atom. The van der Waals surface area contributed by atoms with E-state index in [9.17, 15) is 18.3 Å². The molecule has 0 bridgehead atoms. The molecule has 0 spiro atoms. The molecule has 1 saturated carbocycles. The Labute approximate surface area is 158 Å². The summed E-state index contributed by atoms with van der Waals surface area (Å²) in [5, 5.41) is 17.6. The Bertz CT molecular complexity index is 935. The van der Waals surface area contributed by atoms with E-state index in [1.54, 1.807) is 6.07 Å². The predicted molar refractivity (Wildman–Crippen MR) is 92.7 cm³/mol. The highest BCUT2D eigenvalue weighted by molar-refractivity contribution is 5.46. The maximum absolute atomic E-state index is 13.4. The lowest BCUT2D eigenvalue weighted by Crippen LogP contribution is -2.32. The number of aromatic nitrogens is 4. The van der Waals surface area contributed by atoms with Crippen LogP contribution in [0.4, 0.5) is 19.0 Å². The predicted octanol–water partition coefficient (Wildman–Crippen LogP) is 3.47. The second kappa shape index (κ2) is 7.27. The number of pyridine rings is 1. The third kappa shape index (κ3) is 4.01. The van der Waals surface area contributed by atoms with E-state index in [1.807, 2.05) is 0 Å². The van der Waals surface area contributed by atoms with E-state index in [-0.39, 0.29) is 30.6 Å². The van der Waals surface area contributed by atoms with Gasteiger partial charge in [0.2, 0.25) is 11.8 Å². The first-order valence-electron chi connectivity index (χ1n) is 8.84. The molecule has 1 unspecified atom stereocenters. The molecule has 0 aliphatic heterocycles. The summed E-state index contributed by atoms with van der Waals surface area (Å²) < 4.78 is 46.5. The lowest BCUT2D eigenvalue weighted by atomic mass is 9.92. The molecule has 2 N–H and O–H groups in total. The third-order valence-electron chi connectivity index (χ3n) is 4.69. The maximum atomic E-state index is 13.4. The highest BCUT2D eigenvalue weighted by Gasteiger charge is 2.35. The van der Waals surface area contributed by atoms with E-state index in [2.05, 4.69) is 20.4 Å². The van der Waals surface area contributed by atoms with Crippen molar-refractivity contribution in [3.63, 3.8) is 0 Å². The molecule has 4 rings (SSSR count). The molecule has 7 nitrogen and oxygen atoms in total. The van der Waals surface area contributed by atoms with Gasteiger partial charge in [-0.05, 0) is 30.5 Å². The number of halogens is 3. The van der Waals surface area contributed by atoms with Crippen LogP contribution in [0, 0.1) is 5.82 Å². The molecule has 1 aliphatic rings. The third-order valence-corrected chi connectivity index (χ3v) is 4.69. The van der Waals surface area contributed by atoms with E-state index < -0.39 is 17.8 Å². The van der Waals surface area contributed by atoms with E-state index >= 15 is 0 Å². The SMILES string of the molecule is OC(c1cc(NC2CCC(F)(F)CC2)nc(-n2cc(F)cn2)c1)c1ncco1. The highest BCUT2D eigenvalue weighted by Crippen LogP contribution is 2.34. The van der Waals surface area contributed by atoms with Crippen LogP contribution in [0.1, 0.15) is 43.2 Å². The van der Waals surface area contributed by atoms with Gasteiger partial charge in [0.25, 0.3) is 0 Å². The molecular formula is C18H18F3N5O2. The van der Waals surface area contributed by atoms with Crippen LogP contribution in [-0.2, 0) is 0 Å². The molecular weight excluding hydrogens is 375 g/mol. The Morgan fingerprint density at radius 2 is 2.07 bits per heavy atom. The van der Waals surface area contributed by atoms with Crippen molar-refractivity contribution in [1.82, 2.24) is 19.7 Å². The zero-order chi connectivity index (χ0) is 19.7. The molecule has 3 aromatic rings.